The molecule has 0 saturated carbocycles. The number of allylic oxidation sites excluding steroid dienone is 4. The van der Waals surface area contributed by atoms with Gasteiger partial charge in [-0.25, -0.2) is 0 Å². The van der Waals surface area contributed by atoms with Gasteiger partial charge in [-0.05, 0) is 5.47 Å². The molecule has 3 heteroatoms. The maximum absolute atomic E-state index is 8.47. The summed E-state index contributed by atoms with van der Waals surface area (Å²) in [6, 6.07) is 0. The largest absolute Gasteiger partial charge is 0.484 e. The summed E-state index contributed by atoms with van der Waals surface area (Å²) in [5.41, 5.74) is 0.546. The van der Waals surface area contributed by atoms with Crippen LogP contribution in [0.4, 0.5) is 0 Å². The Morgan fingerprint density at radius 1 is 1.25 bits per heavy atom. The van der Waals surface area contributed by atoms with Gasteiger partial charge >= 0.3 is 7.12 Å². The van der Waals surface area contributed by atoms with Crippen molar-refractivity contribution >= 4 is 7.12 Å². The van der Waals surface area contributed by atoms with Crippen molar-refractivity contribution in [1.82, 2.24) is 0 Å². The predicted molar refractivity (Wildman–Crippen MR) is 31.7 cm³/mol. The third kappa shape index (κ3) is 0.995. The molecule has 1 aliphatic rings. The van der Waals surface area contributed by atoms with E-state index < -0.39 is 7.12 Å². The standard InChI is InChI=1S/C5H6BO2/c7-6(8)5-3-1-2-4-5/h1-4,7-8H. The van der Waals surface area contributed by atoms with E-state index in [1.54, 1.807) is 24.6 Å². The van der Waals surface area contributed by atoms with Gasteiger partial charge in [-0.3, -0.25) is 0 Å². The maximum atomic E-state index is 8.47. The molecule has 0 saturated heterocycles. The maximum Gasteiger partial charge on any atom is 0.484 e. The zero-order valence-electron chi connectivity index (χ0n) is 4.28. The van der Waals surface area contributed by atoms with Gasteiger partial charge in [0.2, 0.25) is 0 Å². The summed E-state index contributed by atoms with van der Waals surface area (Å²) in [6.07, 6.45) is 6.83. The second-order valence-corrected chi connectivity index (χ2v) is 1.59. The SMILES string of the molecule is OB(O)C1=CC=C[CH]1. The molecule has 0 aliphatic heterocycles. The van der Waals surface area contributed by atoms with Crippen LogP contribution in [0.5, 0.6) is 0 Å². The van der Waals surface area contributed by atoms with Gasteiger partial charge in [0.1, 0.15) is 0 Å². The minimum atomic E-state index is -1.31. The summed E-state index contributed by atoms with van der Waals surface area (Å²) in [4.78, 5) is 0. The van der Waals surface area contributed by atoms with Gasteiger partial charge in [-0.15, -0.1) is 0 Å². The van der Waals surface area contributed by atoms with Gasteiger partial charge in [0, 0.05) is 6.42 Å². The molecular formula is C5H6BO2. The fourth-order valence-electron chi connectivity index (χ4n) is 0.561. The zero-order valence-corrected chi connectivity index (χ0v) is 4.28. The van der Waals surface area contributed by atoms with Crippen LogP contribution >= 0.6 is 0 Å². The van der Waals surface area contributed by atoms with E-state index in [9.17, 15) is 0 Å². The molecule has 0 spiro atoms. The van der Waals surface area contributed by atoms with E-state index in [0.29, 0.717) is 5.47 Å². The van der Waals surface area contributed by atoms with Gasteiger partial charge in [-0.1, -0.05) is 18.2 Å². The van der Waals surface area contributed by atoms with Crippen LogP contribution < -0.4 is 0 Å². The molecule has 0 unspecified atom stereocenters. The molecule has 2 nitrogen and oxygen atoms in total. The summed E-state index contributed by atoms with van der Waals surface area (Å²) in [6.45, 7) is 0. The average Bonchev–Trinajstić information content (AvgIpc) is 2.12. The van der Waals surface area contributed by atoms with E-state index in [1.165, 1.54) is 0 Å². The molecule has 0 fully saturated rings. The van der Waals surface area contributed by atoms with Crippen molar-refractivity contribution in [2.24, 2.45) is 0 Å². The van der Waals surface area contributed by atoms with Crippen LogP contribution in [0.25, 0.3) is 0 Å². The molecule has 0 aromatic rings. The molecule has 1 radical (unpaired) electrons. The Morgan fingerprint density at radius 2 is 2.00 bits per heavy atom. The Kier molecular flexibility index (Phi) is 1.51. The average molecular weight is 109 g/mol. The Balaban J connectivity index is 2.51. The van der Waals surface area contributed by atoms with Crippen LogP contribution in [0.2, 0.25) is 0 Å². The lowest BCUT2D eigenvalue weighted by Crippen LogP contribution is -2.13. The monoisotopic (exact) mass is 109 g/mol. The lowest BCUT2D eigenvalue weighted by atomic mass is 9.79. The summed E-state index contributed by atoms with van der Waals surface area (Å²) >= 11 is 0. The minimum absolute atomic E-state index is 0.546. The van der Waals surface area contributed by atoms with Gasteiger partial charge in [0.05, 0.1) is 0 Å². The number of hydrogen-bond donors (Lipinski definition) is 2. The highest BCUT2D eigenvalue weighted by atomic mass is 16.4. The minimum Gasteiger partial charge on any atom is -0.423 e. The fraction of sp³-hybridized carbons (Fsp3) is 0. The normalized spacial score (nSPS) is 16.5. The molecule has 0 atom stereocenters. The number of rotatable bonds is 1. The van der Waals surface area contributed by atoms with E-state index >= 15 is 0 Å². The lowest BCUT2D eigenvalue weighted by Gasteiger charge is -1.93. The molecule has 0 aromatic carbocycles. The highest BCUT2D eigenvalue weighted by Gasteiger charge is 2.13. The zero-order chi connectivity index (χ0) is 5.98. The van der Waals surface area contributed by atoms with Crippen molar-refractivity contribution in [3.8, 4) is 0 Å². The Morgan fingerprint density at radius 3 is 2.25 bits per heavy atom. The molecular weight excluding hydrogens is 103 g/mol. The van der Waals surface area contributed by atoms with Crippen molar-refractivity contribution in [2.75, 3.05) is 0 Å². The van der Waals surface area contributed by atoms with Crippen LogP contribution in [0.3, 0.4) is 0 Å². The van der Waals surface area contributed by atoms with Crippen molar-refractivity contribution < 1.29 is 10.0 Å². The van der Waals surface area contributed by atoms with Crippen molar-refractivity contribution in [3.05, 3.63) is 30.1 Å². The molecule has 2 N–H and O–H groups in total. The molecule has 0 bridgehead atoms. The van der Waals surface area contributed by atoms with E-state index in [2.05, 4.69) is 0 Å². The first-order valence-electron chi connectivity index (χ1n) is 2.38. The fourth-order valence-corrected chi connectivity index (χ4v) is 0.561. The smallest absolute Gasteiger partial charge is 0.423 e. The summed E-state index contributed by atoms with van der Waals surface area (Å²) in [7, 11) is -1.31. The highest BCUT2D eigenvalue weighted by molar-refractivity contribution is 6.51. The molecule has 0 aromatic heterocycles. The molecule has 0 heterocycles. The van der Waals surface area contributed by atoms with Gasteiger partial charge in [-0.2, -0.15) is 0 Å². The molecule has 1 rings (SSSR count). The van der Waals surface area contributed by atoms with E-state index in [0.717, 1.165) is 0 Å². The Bertz CT molecular complexity index is 137. The van der Waals surface area contributed by atoms with Crippen molar-refractivity contribution in [3.63, 3.8) is 0 Å². The van der Waals surface area contributed by atoms with E-state index in [4.69, 9.17) is 10.0 Å². The van der Waals surface area contributed by atoms with Crippen molar-refractivity contribution in [2.45, 2.75) is 0 Å². The third-order valence-corrected chi connectivity index (χ3v) is 0.987. The van der Waals surface area contributed by atoms with Crippen LogP contribution in [-0.4, -0.2) is 17.2 Å². The summed E-state index contributed by atoms with van der Waals surface area (Å²) in [5, 5.41) is 16.9. The van der Waals surface area contributed by atoms with Crippen LogP contribution in [0, 0.1) is 6.42 Å². The summed E-state index contributed by atoms with van der Waals surface area (Å²) < 4.78 is 0. The first kappa shape index (κ1) is 5.60. The number of hydrogen-bond acceptors (Lipinski definition) is 2. The van der Waals surface area contributed by atoms with Gasteiger partial charge in [0.15, 0.2) is 0 Å². The Hall–Kier alpha value is -0.535. The molecule has 0 amide bonds. The lowest BCUT2D eigenvalue weighted by molar-refractivity contribution is 0.420. The predicted octanol–water partition coefficient (Wildman–Crippen LogP) is -0.301. The highest BCUT2D eigenvalue weighted by Crippen LogP contribution is 2.08. The molecule has 1 aliphatic carbocycles. The van der Waals surface area contributed by atoms with E-state index in [1.807, 2.05) is 0 Å². The third-order valence-electron chi connectivity index (χ3n) is 0.987. The van der Waals surface area contributed by atoms with Gasteiger partial charge in [0.25, 0.3) is 0 Å². The molecule has 8 heavy (non-hydrogen) atoms. The van der Waals surface area contributed by atoms with E-state index in [-0.39, 0.29) is 0 Å². The van der Waals surface area contributed by atoms with Crippen LogP contribution in [-0.2, 0) is 0 Å². The van der Waals surface area contributed by atoms with Crippen molar-refractivity contribution in [1.29, 1.82) is 0 Å². The molecule has 41 valence electrons. The van der Waals surface area contributed by atoms with Gasteiger partial charge < -0.3 is 10.0 Å². The first-order valence-corrected chi connectivity index (χ1v) is 2.38. The quantitative estimate of drug-likeness (QED) is 0.453. The Labute approximate surface area is 48.3 Å². The second-order valence-electron chi connectivity index (χ2n) is 1.59. The van der Waals surface area contributed by atoms with Crippen LogP contribution in [0.1, 0.15) is 0 Å². The summed E-state index contributed by atoms with van der Waals surface area (Å²) in [5.74, 6) is 0. The first-order chi connectivity index (χ1) is 3.80. The van der Waals surface area contributed by atoms with Crippen LogP contribution in [0.15, 0.2) is 23.7 Å². The topological polar surface area (TPSA) is 40.5 Å². The second kappa shape index (κ2) is 2.16.